The zero-order valence-electron chi connectivity index (χ0n) is 9.92. The van der Waals surface area contributed by atoms with Gasteiger partial charge >= 0.3 is 0 Å². The number of hydrogen-bond donors (Lipinski definition) is 1. The van der Waals surface area contributed by atoms with E-state index in [2.05, 4.69) is 20.6 Å². The van der Waals surface area contributed by atoms with Crippen molar-refractivity contribution in [3.63, 3.8) is 0 Å². The second-order valence-corrected chi connectivity index (χ2v) is 4.53. The first kappa shape index (κ1) is 10.3. The van der Waals surface area contributed by atoms with Gasteiger partial charge < -0.3 is 9.84 Å². The zero-order valence-corrected chi connectivity index (χ0v) is 9.92. The number of aryl methyl sites for hydroxylation is 1. The molecule has 0 aromatic carbocycles. The van der Waals surface area contributed by atoms with Crippen molar-refractivity contribution in [1.82, 2.24) is 19.9 Å². The van der Waals surface area contributed by atoms with Gasteiger partial charge in [-0.15, -0.1) is 0 Å². The highest BCUT2D eigenvalue weighted by molar-refractivity contribution is 5.39. The predicted molar refractivity (Wildman–Crippen MR) is 61.5 cm³/mol. The van der Waals surface area contributed by atoms with E-state index in [1.54, 1.807) is 10.9 Å². The van der Waals surface area contributed by atoms with Gasteiger partial charge in [0.05, 0.1) is 11.9 Å². The van der Waals surface area contributed by atoms with Crippen molar-refractivity contribution in [3.8, 4) is 0 Å². The fourth-order valence-corrected chi connectivity index (χ4v) is 1.74. The van der Waals surface area contributed by atoms with E-state index in [1.807, 2.05) is 20.2 Å². The summed E-state index contributed by atoms with van der Waals surface area (Å²) >= 11 is 0. The van der Waals surface area contributed by atoms with Crippen LogP contribution in [0.3, 0.4) is 0 Å². The Morgan fingerprint density at radius 1 is 1.53 bits per heavy atom. The Hall–Kier alpha value is -1.85. The summed E-state index contributed by atoms with van der Waals surface area (Å²) in [6.07, 6.45) is 6.05. The lowest BCUT2D eigenvalue weighted by Crippen LogP contribution is -2.06. The lowest BCUT2D eigenvalue weighted by atomic mass is 10.3. The molecular formula is C11H15N5O. The van der Waals surface area contributed by atoms with Crippen molar-refractivity contribution < 1.29 is 4.52 Å². The Bertz CT molecular complexity index is 513. The predicted octanol–water partition coefficient (Wildman–Crippen LogP) is 1.85. The molecule has 0 spiro atoms. The summed E-state index contributed by atoms with van der Waals surface area (Å²) in [4.78, 5) is 4.41. The largest absolute Gasteiger partial charge is 0.371 e. The standard InChI is InChI=1S/C11H15N5O/c1-7(13-9-5-12-16(2)6-9)11-14-10(15-17-11)8-3-4-8/h5-8,13H,3-4H2,1-2H3/t7-/m0/s1. The molecule has 1 aliphatic carbocycles. The molecule has 3 rings (SSSR count). The van der Waals surface area contributed by atoms with Crippen LogP contribution in [0.25, 0.3) is 0 Å². The van der Waals surface area contributed by atoms with Crippen LogP contribution in [0.15, 0.2) is 16.9 Å². The SMILES string of the molecule is C[C@H](Nc1cnn(C)c1)c1nc(C2CC2)no1. The molecule has 2 aromatic heterocycles. The number of rotatable bonds is 4. The first-order chi connectivity index (χ1) is 8.22. The van der Waals surface area contributed by atoms with Crippen molar-refractivity contribution in [1.29, 1.82) is 0 Å². The minimum Gasteiger partial charge on any atom is -0.371 e. The summed E-state index contributed by atoms with van der Waals surface area (Å²) in [5, 5.41) is 11.4. The van der Waals surface area contributed by atoms with E-state index in [-0.39, 0.29) is 6.04 Å². The number of nitrogens with zero attached hydrogens (tertiary/aromatic N) is 4. The summed E-state index contributed by atoms with van der Waals surface area (Å²) in [6, 6.07) is -0.000741. The van der Waals surface area contributed by atoms with Gasteiger partial charge in [0, 0.05) is 19.2 Å². The third-order valence-electron chi connectivity index (χ3n) is 2.86. The molecule has 1 atom stereocenters. The summed E-state index contributed by atoms with van der Waals surface area (Å²) in [5.41, 5.74) is 0.950. The molecule has 0 unspecified atom stereocenters. The minimum atomic E-state index is -0.000741. The van der Waals surface area contributed by atoms with E-state index >= 15 is 0 Å². The van der Waals surface area contributed by atoms with E-state index in [0.717, 1.165) is 11.5 Å². The number of hydrogen-bond acceptors (Lipinski definition) is 5. The average molecular weight is 233 g/mol. The number of anilines is 1. The smallest absolute Gasteiger partial charge is 0.248 e. The molecule has 1 fully saturated rings. The second kappa shape index (κ2) is 3.87. The summed E-state index contributed by atoms with van der Waals surface area (Å²) < 4.78 is 7.00. The summed E-state index contributed by atoms with van der Waals surface area (Å²) in [6.45, 7) is 2.00. The molecule has 90 valence electrons. The van der Waals surface area contributed by atoms with Gasteiger partial charge in [0.25, 0.3) is 0 Å². The van der Waals surface area contributed by atoms with Gasteiger partial charge in [-0.1, -0.05) is 5.16 Å². The Morgan fingerprint density at radius 2 is 2.35 bits per heavy atom. The van der Waals surface area contributed by atoms with Crippen LogP contribution in [0, 0.1) is 0 Å². The highest BCUT2D eigenvalue weighted by Gasteiger charge is 2.29. The van der Waals surface area contributed by atoms with Gasteiger partial charge in [0.15, 0.2) is 5.82 Å². The van der Waals surface area contributed by atoms with Crippen LogP contribution in [0.1, 0.15) is 43.4 Å². The van der Waals surface area contributed by atoms with Crippen LogP contribution in [-0.4, -0.2) is 19.9 Å². The van der Waals surface area contributed by atoms with Crippen LogP contribution in [0.2, 0.25) is 0 Å². The lowest BCUT2D eigenvalue weighted by molar-refractivity contribution is 0.363. The molecule has 0 radical (unpaired) electrons. The second-order valence-electron chi connectivity index (χ2n) is 4.53. The van der Waals surface area contributed by atoms with Gasteiger partial charge in [0.2, 0.25) is 5.89 Å². The molecule has 17 heavy (non-hydrogen) atoms. The van der Waals surface area contributed by atoms with Crippen molar-refractivity contribution in [2.45, 2.75) is 31.7 Å². The molecule has 1 aliphatic rings. The van der Waals surface area contributed by atoms with E-state index in [1.165, 1.54) is 12.8 Å². The van der Waals surface area contributed by atoms with Crippen molar-refractivity contribution in [3.05, 3.63) is 24.1 Å². The molecular weight excluding hydrogens is 218 g/mol. The average Bonchev–Trinajstić information content (AvgIpc) is 2.88. The van der Waals surface area contributed by atoms with Crippen LogP contribution >= 0.6 is 0 Å². The number of aromatic nitrogens is 4. The molecule has 0 bridgehead atoms. The van der Waals surface area contributed by atoms with Gasteiger partial charge in [-0.2, -0.15) is 10.1 Å². The molecule has 6 heteroatoms. The Morgan fingerprint density at radius 3 is 3.00 bits per heavy atom. The monoisotopic (exact) mass is 233 g/mol. The van der Waals surface area contributed by atoms with E-state index in [9.17, 15) is 0 Å². The van der Waals surface area contributed by atoms with Crippen LogP contribution in [0.4, 0.5) is 5.69 Å². The first-order valence-electron chi connectivity index (χ1n) is 5.81. The lowest BCUT2D eigenvalue weighted by Gasteiger charge is -2.07. The van der Waals surface area contributed by atoms with Crippen LogP contribution < -0.4 is 5.32 Å². The maximum atomic E-state index is 5.26. The Balaban J connectivity index is 1.69. The summed E-state index contributed by atoms with van der Waals surface area (Å²) in [7, 11) is 1.88. The molecule has 6 nitrogen and oxygen atoms in total. The Labute approximate surface area is 99.0 Å². The van der Waals surface area contributed by atoms with Gasteiger partial charge in [-0.05, 0) is 19.8 Å². The summed E-state index contributed by atoms with van der Waals surface area (Å²) in [5.74, 6) is 2.01. The zero-order chi connectivity index (χ0) is 11.8. The van der Waals surface area contributed by atoms with Crippen molar-refractivity contribution >= 4 is 5.69 Å². The van der Waals surface area contributed by atoms with Gasteiger partial charge in [0.1, 0.15) is 6.04 Å². The van der Waals surface area contributed by atoms with Gasteiger partial charge in [-0.3, -0.25) is 4.68 Å². The Kier molecular flexibility index (Phi) is 2.35. The van der Waals surface area contributed by atoms with Crippen molar-refractivity contribution in [2.75, 3.05) is 5.32 Å². The molecule has 1 saturated carbocycles. The quantitative estimate of drug-likeness (QED) is 0.872. The van der Waals surface area contributed by atoms with Crippen molar-refractivity contribution in [2.24, 2.45) is 7.05 Å². The van der Waals surface area contributed by atoms with E-state index in [0.29, 0.717) is 11.8 Å². The maximum absolute atomic E-state index is 5.26. The van der Waals surface area contributed by atoms with Crippen LogP contribution in [0.5, 0.6) is 0 Å². The van der Waals surface area contributed by atoms with Crippen LogP contribution in [-0.2, 0) is 7.05 Å². The normalized spacial score (nSPS) is 17.1. The topological polar surface area (TPSA) is 68.8 Å². The first-order valence-corrected chi connectivity index (χ1v) is 5.81. The molecule has 0 aliphatic heterocycles. The molecule has 1 N–H and O–H groups in total. The third kappa shape index (κ3) is 2.15. The highest BCUT2D eigenvalue weighted by Crippen LogP contribution is 2.38. The van der Waals surface area contributed by atoms with E-state index in [4.69, 9.17) is 4.52 Å². The molecule has 2 heterocycles. The fraction of sp³-hybridized carbons (Fsp3) is 0.545. The maximum Gasteiger partial charge on any atom is 0.248 e. The van der Waals surface area contributed by atoms with Gasteiger partial charge in [-0.25, -0.2) is 0 Å². The molecule has 0 saturated heterocycles. The highest BCUT2D eigenvalue weighted by atomic mass is 16.5. The molecule has 2 aromatic rings. The minimum absolute atomic E-state index is 0.000741. The number of nitrogens with one attached hydrogen (secondary N) is 1. The van der Waals surface area contributed by atoms with E-state index < -0.39 is 0 Å². The third-order valence-corrected chi connectivity index (χ3v) is 2.86. The fourth-order valence-electron chi connectivity index (χ4n) is 1.74. The molecule has 0 amide bonds.